The number of hydrogen-bond acceptors (Lipinski definition) is 15. The number of aliphatic hydroxyl groups excluding tert-OH is 1. The normalized spacial score (nSPS) is 14.6. The van der Waals surface area contributed by atoms with E-state index in [4.69, 9.17) is 37.0 Å². The molecule has 0 aliphatic rings. The summed E-state index contributed by atoms with van der Waals surface area (Å²) in [7, 11) is -9.92. The van der Waals surface area contributed by atoms with Gasteiger partial charge in [0.1, 0.15) is 19.3 Å². The zero-order chi connectivity index (χ0) is 73.8. The molecule has 4 unspecified atom stereocenters. The van der Waals surface area contributed by atoms with Crippen LogP contribution in [0.25, 0.3) is 0 Å². The highest BCUT2D eigenvalue weighted by Crippen LogP contribution is 2.45. The smallest absolute Gasteiger partial charge is 0.462 e. The van der Waals surface area contributed by atoms with Crippen molar-refractivity contribution in [1.82, 2.24) is 0 Å². The number of carbonyl (C=O) groups is 4. The number of carbonyl (C=O) groups excluding carboxylic acids is 4. The van der Waals surface area contributed by atoms with Crippen molar-refractivity contribution in [2.45, 2.75) is 433 Å². The largest absolute Gasteiger partial charge is 0.472 e. The first kappa shape index (κ1) is 98.1. The average Bonchev–Trinajstić information content (AvgIpc) is 0.924. The lowest BCUT2D eigenvalue weighted by molar-refractivity contribution is -0.161. The van der Waals surface area contributed by atoms with Gasteiger partial charge in [-0.15, -0.1) is 0 Å². The minimum atomic E-state index is -4.96. The van der Waals surface area contributed by atoms with Gasteiger partial charge in [-0.2, -0.15) is 0 Å². The third kappa shape index (κ3) is 71.7. The Morgan fingerprint density at radius 1 is 0.280 bits per heavy atom. The molecule has 0 bridgehead atoms. The molecule has 3 N–H and O–H groups in total. The van der Waals surface area contributed by atoms with Gasteiger partial charge in [0.2, 0.25) is 0 Å². The second kappa shape index (κ2) is 70.1. The van der Waals surface area contributed by atoms with Crippen LogP contribution in [0.1, 0.15) is 415 Å². The van der Waals surface area contributed by atoms with E-state index in [0.717, 1.165) is 126 Å². The van der Waals surface area contributed by atoms with Crippen LogP contribution in [-0.4, -0.2) is 96.7 Å². The molecular weight excluding hydrogens is 1310 g/mol. The van der Waals surface area contributed by atoms with Gasteiger partial charge >= 0.3 is 39.5 Å². The number of ether oxygens (including phenoxy) is 4. The van der Waals surface area contributed by atoms with Crippen molar-refractivity contribution < 1.29 is 80.2 Å². The van der Waals surface area contributed by atoms with E-state index in [2.05, 4.69) is 55.4 Å². The van der Waals surface area contributed by atoms with Crippen molar-refractivity contribution in [2.24, 2.45) is 23.7 Å². The predicted octanol–water partition coefficient (Wildman–Crippen LogP) is 24.0. The summed E-state index contributed by atoms with van der Waals surface area (Å²) in [5, 5.41) is 10.6. The van der Waals surface area contributed by atoms with Gasteiger partial charge in [-0.05, 0) is 49.4 Å². The third-order valence-corrected chi connectivity index (χ3v) is 21.4. The van der Waals surface area contributed by atoms with Crippen LogP contribution in [0.5, 0.6) is 0 Å². The summed E-state index contributed by atoms with van der Waals surface area (Å²) in [6.07, 6.45) is 57.1. The molecule has 0 saturated carbocycles. The molecule has 17 nitrogen and oxygen atoms in total. The Bertz CT molecular complexity index is 1960. The van der Waals surface area contributed by atoms with E-state index >= 15 is 0 Å². The number of phosphoric acid groups is 2. The quantitative estimate of drug-likeness (QED) is 0.0222. The monoisotopic (exact) mass is 1470 g/mol. The van der Waals surface area contributed by atoms with Gasteiger partial charge in [0.05, 0.1) is 26.4 Å². The van der Waals surface area contributed by atoms with Gasteiger partial charge in [-0.3, -0.25) is 37.3 Å². The fraction of sp³-hybridized carbons (Fsp3) is 0.951. The summed E-state index contributed by atoms with van der Waals surface area (Å²) < 4.78 is 68.7. The Morgan fingerprint density at radius 2 is 0.480 bits per heavy atom. The van der Waals surface area contributed by atoms with Gasteiger partial charge in [-0.25, -0.2) is 9.13 Å². The van der Waals surface area contributed by atoms with Gasteiger partial charge in [-0.1, -0.05) is 364 Å². The number of hydrogen-bond donors (Lipinski definition) is 3. The standard InChI is InChI=1S/C81H158O17P2/c1-9-73(7)59-51-43-37-39-45-53-61-78(83)91-67-76(97-80(85)63-55-47-35-31-27-23-19-14-12-11-13-17-21-25-29-33-41-49-57-71(3)4)69-95-99(87,88)93-65-75(82)66-94-100(89,90)96-70-77(68-92-79(84)62-54-46-40-38-44-52-60-74(8)10-2)98-81(86)64-56-48-36-32-28-24-20-16-15-18-22-26-30-34-42-50-58-72(5)6/h71-77,82H,9-70H2,1-8H3,(H,87,88)(H,89,90)/t73?,74?,75-,76-,77-/m1/s1. The van der Waals surface area contributed by atoms with Crippen LogP contribution in [0.4, 0.5) is 0 Å². The fourth-order valence-corrected chi connectivity index (χ4v) is 13.9. The van der Waals surface area contributed by atoms with Gasteiger partial charge in [0.15, 0.2) is 12.2 Å². The second-order valence-corrected chi connectivity index (χ2v) is 33.5. The van der Waals surface area contributed by atoms with Gasteiger partial charge < -0.3 is 33.8 Å². The Morgan fingerprint density at radius 3 is 0.710 bits per heavy atom. The zero-order valence-corrected chi connectivity index (χ0v) is 67.6. The molecule has 0 rings (SSSR count). The molecule has 594 valence electrons. The first-order chi connectivity index (χ1) is 48.2. The van der Waals surface area contributed by atoms with E-state index in [1.54, 1.807) is 0 Å². The molecule has 7 atom stereocenters. The van der Waals surface area contributed by atoms with Crippen molar-refractivity contribution in [3.63, 3.8) is 0 Å². The number of rotatable bonds is 78. The fourth-order valence-electron chi connectivity index (χ4n) is 12.4. The summed E-state index contributed by atoms with van der Waals surface area (Å²) in [5.74, 6) is 0.973. The maximum atomic E-state index is 13.1. The maximum Gasteiger partial charge on any atom is 0.472 e. The highest BCUT2D eigenvalue weighted by molar-refractivity contribution is 7.47. The first-order valence-electron chi connectivity index (χ1n) is 41.8. The molecule has 0 radical (unpaired) electrons. The molecular formula is C81H158O17P2. The molecule has 0 fully saturated rings. The predicted molar refractivity (Wildman–Crippen MR) is 409 cm³/mol. The summed E-state index contributed by atoms with van der Waals surface area (Å²) in [5.41, 5.74) is 0. The molecule has 0 saturated heterocycles. The Hall–Kier alpha value is -1.94. The molecule has 0 amide bonds. The van der Waals surface area contributed by atoms with Crippen LogP contribution in [0.2, 0.25) is 0 Å². The van der Waals surface area contributed by atoms with Crippen LogP contribution in [0.3, 0.4) is 0 Å². The molecule has 0 aromatic rings. The van der Waals surface area contributed by atoms with Gasteiger partial charge in [0, 0.05) is 25.7 Å². The molecule has 0 aliphatic heterocycles. The van der Waals surface area contributed by atoms with Crippen LogP contribution >= 0.6 is 15.6 Å². The van der Waals surface area contributed by atoms with E-state index in [-0.39, 0.29) is 25.7 Å². The topological polar surface area (TPSA) is 237 Å². The SMILES string of the molecule is CCC(C)CCCCCCCCC(=O)OC[C@H](COP(=O)(O)OC[C@@H](O)COP(=O)(O)OC[C@@H](COC(=O)CCCCCCCCC(C)CC)OC(=O)CCCCCCCCCCCCCCCCCCC(C)C)OC(=O)CCCCCCCCCCCCCCCCCCCCC(C)C. The van der Waals surface area contributed by atoms with Crippen molar-refractivity contribution >= 4 is 39.5 Å². The van der Waals surface area contributed by atoms with E-state index in [1.807, 2.05) is 0 Å². The average molecular weight is 1470 g/mol. The zero-order valence-electron chi connectivity index (χ0n) is 65.8. The third-order valence-electron chi connectivity index (χ3n) is 19.5. The van der Waals surface area contributed by atoms with E-state index in [9.17, 15) is 43.2 Å². The highest BCUT2D eigenvalue weighted by atomic mass is 31.2. The first-order valence-corrected chi connectivity index (χ1v) is 44.8. The van der Waals surface area contributed by atoms with Crippen molar-refractivity contribution in [2.75, 3.05) is 39.6 Å². The van der Waals surface area contributed by atoms with Crippen LogP contribution in [-0.2, 0) is 65.4 Å². The van der Waals surface area contributed by atoms with Gasteiger partial charge in [0.25, 0.3) is 0 Å². The van der Waals surface area contributed by atoms with Crippen molar-refractivity contribution in [3.8, 4) is 0 Å². The lowest BCUT2D eigenvalue weighted by atomic mass is 10.00. The maximum absolute atomic E-state index is 13.1. The molecule has 0 spiro atoms. The van der Waals surface area contributed by atoms with Crippen molar-refractivity contribution in [1.29, 1.82) is 0 Å². The number of unbranched alkanes of at least 4 members (excludes halogenated alkanes) is 42. The number of phosphoric ester groups is 2. The highest BCUT2D eigenvalue weighted by Gasteiger charge is 2.30. The summed E-state index contributed by atoms with van der Waals surface area (Å²) in [4.78, 5) is 72.9. The molecule has 19 heteroatoms. The van der Waals surface area contributed by atoms with Crippen LogP contribution < -0.4 is 0 Å². The summed E-state index contributed by atoms with van der Waals surface area (Å²) >= 11 is 0. The number of aliphatic hydroxyl groups is 1. The Labute approximate surface area is 613 Å². The summed E-state index contributed by atoms with van der Waals surface area (Å²) in [6.45, 7) is 14.2. The van der Waals surface area contributed by atoms with Crippen LogP contribution in [0.15, 0.2) is 0 Å². The Kier molecular flexibility index (Phi) is 68.7. The minimum absolute atomic E-state index is 0.107. The van der Waals surface area contributed by atoms with Crippen LogP contribution in [0, 0.1) is 23.7 Å². The van der Waals surface area contributed by atoms with Crippen molar-refractivity contribution in [3.05, 3.63) is 0 Å². The lowest BCUT2D eigenvalue weighted by Gasteiger charge is -2.21. The minimum Gasteiger partial charge on any atom is -0.462 e. The lowest BCUT2D eigenvalue weighted by Crippen LogP contribution is -2.30. The molecule has 0 aliphatic carbocycles. The second-order valence-electron chi connectivity index (χ2n) is 30.6. The number of esters is 4. The molecule has 0 heterocycles. The van der Waals surface area contributed by atoms with E-state index in [0.29, 0.717) is 25.7 Å². The molecule has 0 aromatic heterocycles. The Balaban J connectivity index is 5.17. The van der Waals surface area contributed by atoms with E-state index in [1.165, 1.54) is 205 Å². The summed E-state index contributed by atoms with van der Waals surface area (Å²) in [6, 6.07) is 0. The molecule has 100 heavy (non-hydrogen) atoms. The molecule has 0 aromatic carbocycles. The van der Waals surface area contributed by atoms with E-state index < -0.39 is 97.5 Å².